The highest BCUT2D eigenvalue weighted by molar-refractivity contribution is 7.11. The van der Waals surface area contributed by atoms with Crippen molar-refractivity contribution >= 4 is 22.9 Å². The largest absolute Gasteiger partial charge is 0.376 e. The Morgan fingerprint density at radius 3 is 2.88 bits per heavy atom. The monoisotopic (exact) mass is 347 g/mol. The topological polar surface area (TPSA) is 80.1 Å². The molecular formula is C16H21N5O2S. The molecule has 0 bridgehead atoms. The Morgan fingerprint density at radius 1 is 1.38 bits per heavy atom. The molecule has 1 amide bonds. The molecule has 0 saturated heterocycles. The number of aryl methyl sites for hydroxylation is 2. The maximum absolute atomic E-state index is 12.1. The van der Waals surface area contributed by atoms with Crippen LogP contribution in [0.15, 0.2) is 17.1 Å². The molecule has 128 valence electrons. The van der Waals surface area contributed by atoms with Crippen LogP contribution in [0.25, 0.3) is 0 Å². The normalized spacial score (nSPS) is 13.4. The number of anilines is 1. The first kappa shape index (κ1) is 16.6. The molecule has 2 aromatic rings. The van der Waals surface area contributed by atoms with Crippen LogP contribution in [-0.2, 0) is 30.7 Å². The van der Waals surface area contributed by atoms with Crippen LogP contribution in [0.3, 0.4) is 0 Å². The summed E-state index contributed by atoms with van der Waals surface area (Å²) in [5.41, 5.74) is 1.61. The molecule has 0 aliphatic heterocycles. The number of carbonyl (C=O) groups is 1. The molecule has 2 heterocycles. The van der Waals surface area contributed by atoms with Crippen LogP contribution in [0.1, 0.15) is 28.4 Å². The van der Waals surface area contributed by atoms with Crippen molar-refractivity contribution in [1.29, 1.82) is 0 Å². The van der Waals surface area contributed by atoms with Gasteiger partial charge < -0.3 is 10.2 Å². The summed E-state index contributed by atoms with van der Waals surface area (Å²) >= 11 is 1.68. The van der Waals surface area contributed by atoms with Crippen LogP contribution in [0.5, 0.6) is 0 Å². The van der Waals surface area contributed by atoms with E-state index in [9.17, 15) is 9.59 Å². The smallest absolute Gasteiger partial charge is 0.269 e. The van der Waals surface area contributed by atoms with Crippen molar-refractivity contribution in [1.82, 2.24) is 20.1 Å². The zero-order valence-electron chi connectivity index (χ0n) is 13.9. The van der Waals surface area contributed by atoms with Gasteiger partial charge in [-0.05, 0) is 25.7 Å². The maximum atomic E-state index is 12.1. The third kappa shape index (κ3) is 3.81. The first-order valence-electron chi connectivity index (χ1n) is 8.01. The molecule has 0 aromatic carbocycles. The Morgan fingerprint density at radius 2 is 2.17 bits per heavy atom. The standard InChI is InChI=1S/C16H21N5O2S/c1-20(2)11-7-16(23)21(18-8-11)10-14(22)17-9-15-19-12-5-3-4-6-13(12)24-15/h7-8H,3-6,9-10H2,1-2H3,(H,17,22). The Kier molecular flexibility index (Phi) is 4.94. The third-order valence-corrected chi connectivity index (χ3v) is 5.15. The van der Waals surface area contributed by atoms with Gasteiger partial charge in [-0.2, -0.15) is 5.10 Å². The predicted octanol–water partition coefficient (Wildman–Crippen LogP) is 0.961. The van der Waals surface area contributed by atoms with Crippen molar-refractivity contribution in [3.63, 3.8) is 0 Å². The molecule has 0 spiro atoms. The highest BCUT2D eigenvalue weighted by Crippen LogP contribution is 2.26. The Bertz CT molecular complexity index is 773. The predicted molar refractivity (Wildman–Crippen MR) is 93.4 cm³/mol. The van der Waals surface area contributed by atoms with Gasteiger partial charge in [-0.1, -0.05) is 0 Å². The van der Waals surface area contributed by atoms with E-state index in [2.05, 4.69) is 15.4 Å². The lowest BCUT2D eigenvalue weighted by atomic mass is 10.0. The van der Waals surface area contributed by atoms with E-state index in [-0.39, 0.29) is 18.0 Å². The summed E-state index contributed by atoms with van der Waals surface area (Å²) in [6, 6.07) is 1.47. The summed E-state index contributed by atoms with van der Waals surface area (Å²) in [6.07, 6.45) is 6.12. The molecule has 7 nitrogen and oxygen atoms in total. The van der Waals surface area contributed by atoms with E-state index in [4.69, 9.17) is 0 Å². The van der Waals surface area contributed by atoms with E-state index in [0.717, 1.165) is 22.5 Å². The van der Waals surface area contributed by atoms with Gasteiger partial charge in [-0.3, -0.25) is 9.59 Å². The number of carbonyl (C=O) groups excluding carboxylic acids is 1. The minimum atomic E-state index is -0.291. The Hall–Kier alpha value is -2.22. The number of hydrogen-bond acceptors (Lipinski definition) is 6. The van der Waals surface area contributed by atoms with E-state index in [1.165, 1.54) is 29.5 Å². The van der Waals surface area contributed by atoms with E-state index in [1.54, 1.807) is 22.4 Å². The van der Waals surface area contributed by atoms with E-state index in [0.29, 0.717) is 12.2 Å². The molecule has 0 fully saturated rings. The molecule has 0 saturated carbocycles. The van der Waals surface area contributed by atoms with Gasteiger partial charge in [0.15, 0.2) is 0 Å². The second kappa shape index (κ2) is 7.12. The number of thiazole rings is 1. The second-order valence-electron chi connectivity index (χ2n) is 6.07. The third-order valence-electron chi connectivity index (χ3n) is 3.99. The molecule has 1 aliphatic carbocycles. The summed E-state index contributed by atoms with van der Waals surface area (Å²) in [5, 5.41) is 7.79. The Labute approximate surface area is 144 Å². The summed E-state index contributed by atoms with van der Waals surface area (Å²) < 4.78 is 1.16. The average Bonchev–Trinajstić information content (AvgIpc) is 2.97. The average molecular weight is 347 g/mol. The van der Waals surface area contributed by atoms with Gasteiger partial charge in [0.25, 0.3) is 5.56 Å². The van der Waals surface area contributed by atoms with Gasteiger partial charge in [0, 0.05) is 25.0 Å². The van der Waals surface area contributed by atoms with Crippen LogP contribution >= 0.6 is 11.3 Å². The molecule has 0 unspecified atom stereocenters. The van der Waals surface area contributed by atoms with Crippen molar-refractivity contribution in [3.05, 3.63) is 38.2 Å². The fraction of sp³-hybridized carbons (Fsp3) is 0.500. The first-order chi connectivity index (χ1) is 11.5. The molecule has 24 heavy (non-hydrogen) atoms. The van der Waals surface area contributed by atoms with Crippen molar-refractivity contribution in [2.24, 2.45) is 0 Å². The molecule has 2 aromatic heterocycles. The highest BCUT2D eigenvalue weighted by Gasteiger charge is 2.15. The van der Waals surface area contributed by atoms with Gasteiger partial charge in [0.1, 0.15) is 11.6 Å². The van der Waals surface area contributed by atoms with Crippen LogP contribution in [0.4, 0.5) is 5.69 Å². The maximum Gasteiger partial charge on any atom is 0.269 e. The lowest BCUT2D eigenvalue weighted by Gasteiger charge is -2.12. The minimum absolute atomic E-state index is 0.0857. The lowest BCUT2D eigenvalue weighted by molar-refractivity contribution is -0.122. The van der Waals surface area contributed by atoms with Gasteiger partial charge in [-0.15, -0.1) is 11.3 Å². The van der Waals surface area contributed by atoms with Crippen LogP contribution < -0.4 is 15.8 Å². The summed E-state index contributed by atoms with van der Waals surface area (Å²) in [6.45, 7) is 0.318. The van der Waals surface area contributed by atoms with Crippen molar-refractivity contribution < 1.29 is 4.79 Å². The molecular weight excluding hydrogens is 326 g/mol. The molecule has 8 heteroatoms. The molecule has 0 radical (unpaired) electrons. The SMILES string of the molecule is CN(C)c1cnn(CC(=O)NCc2nc3c(s2)CCCC3)c(=O)c1. The first-order valence-corrected chi connectivity index (χ1v) is 8.83. The number of fused-ring (bicyclic) bond motifs is 1. The Balaban J connectivity index is 1.58. The quantitative estimate of drug-likeness (QED) is 0.871. The van der Waals surface area contributed by atoms with E-state index < -0.39 is 0 Å². The van der Waals surface area contributed by atoms with E-state index in [1.807, 2.05) is 14.1 Å². The zero-order chi connectivity index (χ0) is 17.1. The van der Waals surface area contributed by atoms with Crippen LogP contribution in [0, 0.1) is 0 Å². The number of nitrogens with zero attached hydrogens (tertiary/aromatic N) is 4. The number of amides is 1. The van der Waals surface area contributed by atoms with Crippen LogP contribution in [-0.4, -0.2) is 34.8 Å². The van der Waals surface area contributed by atoms with E-state index >= 15 is 0 Å². The lowest BCUT2D eigenvalue weighted by Crippen LogP contribution is -2.33. The number of aromatic nitrogens is 3. The van der Waals surface area contributed by atoms with Crippen molar-refractivity contribution in [2.45, 2.75) is 38.8 Å². The second-order valence-corrected chi connectivity index (χ2v) is 7.23. The number of rotatable bonds is 5. The van der Waals surface area contributed by atoms with Gasteiger partial charge in [0.05, 0.1) is 24.1 Å². The molecule has 3 rings (SSSR count). The van der Waals surface area contributed by atoms with Gasteiger partial charge in [0.2, 0.25) is 5.91 Å². The summed E-state index contributed by atoms with van der Waals surface area (Å²) in [5.74, 6) is -0.240. The highest BCUT2D eigenvalue weighted by atomic mass is 32.1. The zero-order valence-corrected chi connectivity index (χ0v) is 14.7. The molecule has 1 N–H and O–H groups in total. The molecule has 0 atom stereocenters. The van der Waals surface area contributed by atoms with Gasteiger partial charge >= 0.3 is 0 Å². The van der Waals surface area contributed by atoms with Crippen molar-refractivity contribution in [3.8, 4) is 0 Å². The fourth-order valence-electron chi connectivity index (χ4n) is 2.63. The van der Waals surface area contributed by atoms with Gasteiger partial charge in [-0.25, -0.2) is 9.67 Å². The van der Waals surface area contributed by atoms with Crippen LogP contribution in [0.2, 0.25) is 0 Å². The number of hydrogen-bond donors (Lipinski definition) is 1. The summed E-state index contributed by atoms with van der Waals surface area (Å²) in [4.78, 5) is 31.8. The fourth-order valence-corrected chi connectivity index (χ4v) is 3.73. The summed E-state index contributed by atoms with van der Waals surface area (Å²) in [7, 11) is 3.67. The molecule has 1 aliphatic rings. The minimum Gasteiger partial charge on any atom is -0.376 e. The number of nitrogens with one attached hydrogen (secondary N) is 1. The van der Waals surface area contributed by atoms with Crippen molar-refractivity contribution in [2.75, 3.05) is 19.0 Å².